The van der Waals surface area contributed by atoms with Crippen molar-refractivity contribution in [2.45, 2.75) is 118 Å². The molecule has 4 saturated carbocycles. The standard InChI is InChI=1S/C30H48O3/c1-17(2)21-18-10-11-28(6)20(29(18,7)24(32)23(21)31)9-8-19-22-25-26(3,4)12-14-30(22,16-33-25)15-13-27(19,28)5/h17,19-20,22-25,31-32H,8-16H2,1-7H3/t19-,20+,22-,23-,24-,25-,27-,28-,29+,30-/m1/s1. The number of ether oxygens (including phenoxy) is 1. The van der Waals surface area contributed by atoms with Crippen LogP contribution in [0.25, 0.3) is 0 Å². The molecule has 0 amide bonds. The van der Waals surface area contributed by atoms with Gasteiger partial charge in [-0.05, 0) is 102 Å². The number of fused-ring (bicyclic) bond motifs is 5. The van der Waals surface area contributed by atoms with Gasteiger partial charge < -0.3 is 14.9 Å². The molecule has 0 radical (unpaired) electrons. The van der Waals surface area contributed by atoms with Gasteiger partial charge in [-0.1, -0.05) is 54.0 Å². The molecule has 0 aromatic rings. The fourth-order valence-corrected chi connectivity index (χ4v) is 11.3. The van der Waals surface area contributed by atoms with Gasteiger partial charge in [0.2, 0.25) is 0 Å². The molecule has 0 aromatic heterocycles. The van der Waals surface area contributed by atoms with Gasteiger partial charge >= 0.3 is 0 Å². The second-order valence-electron chi connectivity index (χ2n) is 14.9. The molecule has 1 heterocycles. The summed E-state index contributed by atoms with van der Waals surface area (Å²) in [4.78, 5) is 0. The van der Waals surface area contributed by atoms with E-state index in [0.29, 0.717) is 29.3 Å². The van der Waals surface area contributed by atoms with Gasteiger partial charge in [0.1, 0.15) is 6.10 Å². The van der Waals surface area contributed by atoms with E-state index in [2.05, 4.69) is 48.5 Å². The molecule has 1 aliphatic heterocycles. The smallest absolute Gasteiger partial charge is 0.102 e. The Morgan fingerprint density at radius 2 is 1.58 bits per heavy atom. The molecule has 2 bridgehead atoms. The fraction of sp³-hybridized carbons (Fsp3) is 0.933. The summed E-state index contributed by atoms with van der Waals surface area (Å²) in [6.07, 6.45) is 9.07. The van der Waals surface area contributed by atoms with Crippen LogP contribution < -0.4 is 0 Å². The lowest BCUT2D eigenvalue weighted by Crippen LogP contribution is -2.66. The number of hydrogen-bond donors (Lipinski definition) is 2. The highest BCUT2D eigenvalue weighted by Crippen LogP contribution is 2.77. The van der Waals surface area contributed by atoms with Gasteiger partial charge in [0.25, 0.3) is 0 Å². The van der Waals surface area contributed by atoms with E-state index in [1.165, 1.54) is 50.5 Å². The second kappa shape index (κ2) is 6.68. The van der Waals surface area contributed by atoms with Gasteiger partial charge in [-0.25, -0.2) is 0 Å². The summed E-state index contributed by atoms with van der Waals surface area (Å²) in [6, 6.07) is 0. The Hall–Kier alpha value is -0.380. The van der Waals surface area contributed by atoms with E-state index in [1.54, 1.807) is 0 Å². The zero-order chi connectivity index (χ0) is 23.8. The highest BCUT2D eigenvalue weighted by molar-refractivity contribution is 5.40. The highest BCUT2D eigenvalue weighted by Gasteiger charge is 2.73. The maximum Gasteiger partial charge on any atom is 0.102 e. The first-order chi connectivity index (χ1) is 15.3. The minimum atomic E-state index is -0.684. The molecule has 5 fully saturated rings. The van der Waals surface area contributed by atoms with Crippen LogP contribution in [0.3, 0.4) is 0 Å². The molecule has 3 nitrogen and oxygen atoms in total. The van der Waals surface area contributed by atoms with Crippen molar-refractivity contribution < 1.29 is 14.9 Å². The summed E-state index contributed by atoms with van der Waals surface area (Å²) in [5.41, 5.74) is 3.47. The zero-order valence-corrected chi connectivity index (χ0v) is 22.2. The number of hydrogen-bond acceptors (Lipinski definition) is 3. The van der Waals surface area contributed by atoms with E-state index in [0.717, 1.165) is 24.5 Å². The van der Waals surface area contributed by atoms with E-state index in [4.69, 9.17) is 4.74 Å². The largest absolute Gasteiger partial charge is 0.389 e. The molecular formula is C30H48O3. The first kappa shape index (κ1) is 23.0. The van der Waals surface area contributed by atoms with Crippen molar-refractivity contribution in [1.29, 1.82) is 0 Å². The summed E-state index contributed by atoms with van der Waals surface area (Å²) in [7, 11) is 0. The van der Waals surface area contributed by atoms with Crippen LogP contribution in [-0.4, -0.2) is 35.1 Å². The average Bonchev–Trinajstić information content (AvgIpc) is 3.18. The Kier molecular flexibility index (Phi) is 4.66. The lowest BCUT2D eigenvalue weighted by atomic mass is 9.34. The van der Waals surface area contributed by atoms with E-state index >= 15 is 0 Å². The Morgan fingerprint density at radius 3 is 2.27 bits per heavy atom. The van der Waals surface area contributed by atoms with Crippen molar-refractivity contribution in [3.63, 3.8) is 0 Å². The monoisotopic (exact) mass is 456 g/mol. The predicted octanol–water partition coefficient (Wildman–Crippen LogP) is 6.13. The topological polar surface area (TPSA) is 49.7 Å². The maximum atomic E-state index is 11.5. The van der Waals surface area contributed by atoms with Crippen molar-refractivity contribution in [3.8, 4) is 0 Å². The van der Waals surface area contributed by atoms with Crippen LogP contribution in [0.4, 0.5) is 0 Å². The SMILES string of the molecule is CC(C)C1=C2CC[C@]3(C)[C@H](CC[C@@H]4[C@@H]5[C@H]6OC[C@@]5(CCC6(C)C)CC[C@]43C)[C@@]2(C)[C@H](O)[C@@H]1O. The number of aliphatic hydroxyl groups is 2. The van der Waals surface area contributed by atoms with Crippen LogP contribution >= 0.6 is 0 Å². The van der Waals surface area contributed by atoms with Gasteiger partial charge in [-0.15, -0.1) is 0 Å². The summed E-state index contributed by atoms with van der Waals surface area (Å²) in [6.45, 7) is 17.8. The lowest BCUT2D eigenvalue weighted by molar-refractivity contribution is -0.218. The molecule has 0 spiro atoms. The maximum absolute atomic E-state index is 11.5. The number of aliphatic hydroxyl groups excluding tert-OH is 2. The van der Waals surface area contributed by atoms with Crippen LogP contribution in [0, 0.1) is 50.7 Å². The minimum absolute atomic E-state index is 0.198. The van der Waals surface area contributed by atoms with Crippen LogP contribution in [0.15, 0.2) is 11.1 Å². The average molecular weight is 457 g/mol. The van der Waals surface area contributed by atoms with Crippen molar-refractivity contribution in [1.82, 2.24) is 0 Å². The third-order valence-electron chi connectivity index (χ3n) is 13.3. The van der Waals surface area contributed by atoms with Crippen LogP contribution in [0.2, 0.25) is 0 Å². The van der Waals surface area contributed by atoms with E-state index in [1.807, 2.05) is 0 Å². The summed E-state index contributed by atoms with van der Waals surface area (Å²) in [5, 5.41) is 22.7. The first-order valence-electron chi connectivity index (χ1n) is 14.0. The third-order valence-corrected chi connectivity index (χ3v) is 13.3. The van der Waals surface area contributed by atoms with Crippen LogP contribution in [0.1, 0.15) is 99.8 Å². The van der Waals surface area contributed by atoms with Crippen molar-refractivity contribution in [2.24, 2.45) is 50.7 Å². The zero-order valence-electron chi connectivity index (χ0n) is 22.2. The molecule has 0 aromatic carbocycles. The highest BCUT2D eigenvalue weighted by atomic mass is 16.5. The fourth-order valence-electron chi connectivity index (χ4n) is 11.3. The Balaban J connectivity index is 1.43. The van der Waals surface area contributed by atoms with Crippen molar-refractivity contribution in [2.75, 3.05) is 6.61 Å². The normalized spacial score (nSPS) is 56.9. The lowest BCUT2D eigenvalue weighted by Gasteiger charge is -2.70. The molecule has 5 aliphatic carbocycles. The molecule has 186 valence electrons. The molecule has 10 atom stereocenters. The van der Waals surface area contributed by atoms with E-state index in [9.17, 15) is 10.2 Å². The van der Waals surface area contributed by atoms with Gasteiger partial charge in [-0.2, -0.15) is 0 Å². The van der Waals surface area contributed by atoms with Crippen LogP contribution in [-0.2, 0) is 4.74 Å². The third kappa shape index (κ3) is 2.49. The summed E-state index contributed by atoms with van der Waals surface area (Å²) < 4.78 is 6.67. The molecule has 6 rings (SSSR count). The Bertz CT molecular complexity index is 889. The molecule has 0 unspecified atom stereocenters. The summed E-state index contributed by atoms with van der Waals surface area (Å²) in [5.74, 6) is 2.17. The molecule has 3 heteroatoms. The van der Waals surface area contributed by atoms with Gasteiger partial charge in [-0.3, -0.25) is 0 Å². The summed E-state index contributed by atoms with van der Waals surface area (Å²) >= 11 is 0. The first-order valence-corrected chi connectivity index (χ1v) is 14.0. The predicted molar refractivity (Wildman–Crippen MR) is 132 cm³/mol. The number of rotatable bonds is 1. The Labute approximate surface area is 201 Å². The van der Waals surface area contributed by atoms with Gasteiger partial charge in [0.15, 0.2) is 0 Å². The van der Waals surface area contributed by atoms with Crippen molar-refractivity contribution >= 4 is 0 Å². The molecule has 33 heavy (non-hydrogen) atoms. The van der Waals surface area contributed by atoms with Gasteiger partial charge in [0, 0.05) is 5.41 Å². The van der Waals surface area contributed by atoms with Gasteiger partial charge in [0.05, 0.1) is 18.8 Å². The molecule has 2 N–H and O–H groups in total. The Morgan fingerprint density at radius 1 is 0.879 bits per heavy atom. The molecular weight excluding hydrogens is 408 g/mol. The van der Waals surface area contributed by atoms with Crippen LogP contribution in [0.5, 0.6) is 0 Å². The van der Waals surface area contributed by atoms with Crippen molar-refractivity contribution in [3.05, 3.63) is 11.1 Å². The minimum Gasteiger partial charge on any atom is -0.389 e. The quantitative estimate of drug-likeness (QED) is 0.467. The molecule has 1 saturated heterocycles. The van der Waals surface area contributed by atoms with E-state index < -0.39 is 12.2 Å². The van der Waals surface area contributed by atoms with E-state index in [-0.39, 0.29) is 21.7 Å². The molecule has 6 aliphatic rings. The second-order valence-corrected chi connectivity index (χ2v) is 14.9.